The van der Waals surface area contributed by atoms with Crippen molar-refractivity contribution in [3.05, 3.63) is 74.2 Å². The molecule has 1 saturated heterocycles. The molecule has 270 valence electrons. The van der Waals surface area contributed by atoms with Crippen LogP contribution in [0.15, 0.2) is 49.6 Å². The van der Waals surface area contributed by atoms with Crippen LogP contribution in [0.25, 0.3) is 11.8 Å². The number of carboxylic acids is 3. The van der Waals surface area contributed by atoms with Crippen molar-refractivity contribution in [2.45, 2.75) is 24.4 Å². The molecule has 1 aromatic carbocycles. The Bertz CT molecular complexity index is 2520. The Balaban J connectivity index is 1.81. The van der Waals surface area contributed by atoms with Gasteiger partial charge in [0.15, 0.2) is 10.9 Å². The highest BCUT2D eigenvalue weighted by Gasteiger charge is 2.39. The molecule has 2 aliphatic heterocycles. The molecule has 0 atom stereocenters. The highest BCUT2D eigenvalue weighted by Crippen LogP contribution is 2.47. The maximum atomic E-state index is 16.1. The highest BCUT2D eigenvalue weighted by atomic mass is 32.2. The van der Waals surface area contributed by atoms with Gasteiger partial charge < -0.3 is 20.2 Å². The fourth-order valence-corrected chi connectivity index (χ4v) is 9.33. The van der Waals surface area contributed by atoms with Crippen LogP contribution in [0.3, 0.4) is 0 Å². The van der Waals surface area contributed by atoms with Crippen molar-refractivity contribution in [2.75, 3.05) is 30.8 Å². The number of halogens is 1. The largest absolute Gasteiger partial charge is 0.480 e. The minimum atomic E-state index is -4.32. The van der Waals surface area contributed by atoms with E-state index in [1.54, 1.807) is 24.3 Å². The van der Waals surface area contributed by atoms with E-state index in [0.717, 1.165) is 27.6 Å². The SMILES string of the molecule is CN1C(=O)C(=c2s/c(=c3/sc(=CC(F)=C4Sc5ccccc5N4CCCS(=O)(=O)O)c(=O)n3CC(=O)O)c(=O)n2CC(=O)O)N(CC(=O)O)C1=S. The van der Waals surface area contributed by atoms with Crippen molar-refractivity contribution >= 4 is 103 Å². The number of carboxylic acid groups (broad SMARTS) is 3. The topological polar surface area (TPSA) is 237 Å². The second kappa shape index (κ2) is 14.5. The number of hydrogen-bond donors (Lipinski definition) is 4. The number of aromatic nitrogens is 2. The fourth-order valence-electron chi connectivity index (χ4n) is 5.11. The number of thioether (sulfide) groups is 1. The predicted octanol–water partition coefficient (Wildman–Crippen LogP) is -0.350. The van der Waals surface area contributed by atoms with Crippen LogP contribution in [0.4, 0.5) is 10.1 Å². The molecule has 1 amide bonds. The van der Waals surface area contributed by atoms with E-state index < -0.39 is 86.5 Å². The van der Waals surface area contributed by atoms with Gasteiger partial charge in [0.25, 0.3) is 27.1 Å². The van der Waals surface area contributed by atoms with Crippen LogP contribution in [-0.4, -0.2) is 102 Å². The van der Waals surface area contributed by atoms with Gasteiger partial charge in [-0.2, -0.15) is 8.42 Å². The summed E-state index contributed by atoms with van der Waals surface area (Å²) < 4.78 is 47.8. The van der Waals surface area contributed by atoms with Crippen molar-refractivity contribution in [3.8, 4) is 0 Å². The molecule has 51 heavy (non-hydrogen) atoms. The first-order chi connectivity index (χ1) is 23.9. The van der Waals surface area contributed by atoms with E-state index in [4.69, 9.17) is 12.2 Å². The van der Waals surface area contributed by atoms with Gasteiger partial charge in [-0.15, -0.1) is 22.7 Å². The van der Waals surface area contributed by atoms with Crippen LogP contribution < -0.4 is 25.2 Å². The summed E-state index contributed by atoms with van der Waals surface area (Å²) in [6.45, 7) is -2.89. The monoisotopic (exact) mass is 801 g/mol. The molecule has 4 heterocycles. The summed E-state index contributed by atoms with van der Waals surface area (Å²) in [5, 5.41) is 28.4. The number of carbonyl (C=O) groups excluding carboxylic acids is 1. The van der Waals surface area contributed by atoms with E-state index in [1.807, 2.05) is 0 Å². The smallest absolute Gasteiger partial charge is 0.323 e. The van der Waals surface area contributed by atoms with Gasteiger partial charge in [0, 0.05) is 18.5 Å². The number of rotatable bonds is 11. The molecule has 2 aromatic heterocycles. The zero-order valence-corrected chi connectivity index (χ0v) is 29.9. The van der Waals surface area contributed by atoms with Crippen LogP contribution in [0, 0.1) is 9.20 Å². The van der Waals surface area contributed by atoms with E-state index in [2.05, 4.69) is 0 Å². The summed E-state index contributed by atoms with van der Waals surface area (Å²) in [6, 6.07) is 6.71. The first-order valence-electron chi connectivity index (χ1n) is 14.2. The first-order valence-corrected chi connectivity index (χ1v) is 18.7. The van der Waals surface area contributed by atoms with Crippen molar-refractivity contribution in [3.63, 3.8) is 0 Å². The lowest BCUT2D eigenvalue weighted by Gasteiger charge is -2.20. The molecule has 0 saturated carbocycles. The Labute approximate surface area is 302 Å². The van der Waals surface area contributed by atoms with Crippen LogP contribution in [0.1, 0.15) is 6.42 Å². The molecule has 1 fully saturated rings. The van der Waals surface area contributed by atoms with Crippen molar-refractivity contribution in [2.24, 2.45) is 0 Å². The van der Waals surface area contributed by atoms with Gasteiger partial charge in [-0.1, -0.05) is 23.9 Å². The molecule has 4 N–H and O–H groups in total. The van der Waals surface area contributed by atoms with E-state index >= 15 is 4.39 Å². The summed E-state index contributed by atoms with van der Waals surface area (Å²) in [4.78, 5) is 79.8. The number of hydrogen-bond acceptors (Lipinski definition) is 13. The van der Waals surface area contributed by atoms with Gasteiger partial charge >= 0.3 is 17.9 Å². The molecule has 0 spiro atoms. The van der Waals surface area contributed by atoms with E-state index in [-0.39, 0.29) is 37.0 Å². The molecule has 2 aliphatic rings. The van der Waals surface area contributed by atoms with Crippen LogP contribution in [0.5, 0.6) is 0 Å². The van der Waals surface area contributed by atoms with Gasteiger partial charge in [-0.05, 0) is 36.8 Å². The standard InChI is InChI=1S/C28H24FN5O12S5/c1-30-23(42)20(32(28(30)47)10-17(35)36)26-34(12-19(39)40)24(43)21(50-26)27-33(11-18(37)38)22(41)16(49-27)9-13(29)25-31(7-4-8-51(44,45)46)14-5-2-3-6-15(14)48-25/h2-3,5-6,9H,4,7-8,10-12H2,1H3,(H,35,36)(H,37,38)(H,39,40)(H,44,45,46)/b16-9?,25-13?,26-20?,27-21+. The molecule has 0 bridgehead atoms. The fraction of sp³-hybridized carbons (Fsp3) is 0.250. The molecular weight excluding hydrogens is 778 g/mol. The van der Waals surface area contributed by atoms with Gasteiger partial charge in [0.1, 0.15) is 44.2 Å². The Morgan fingerprint density at radius 2 is 1.51 bits per heavy atom. The number of allylic oxidation sites excluding steroid dienone is 1. The molecule has 0 aliphatic carbocycles. The average molecular weight is 802 g/mol. The number of nitrogens with zero attached hydrogens (tertiary/aromatic N) is 5. The molecule has 3 aromatic rings. The zero-order chi connectivity index (χ0) is 37.5. The van der Waals surface area contributed by atoms with Crippen LogP contribution in [0.2, 0.25) is 0 Å². The molecular formula is C28H24FN5O12S5. The third-order valence-electron chi connectivity index (χ3n) is 7.22. The maximum absolute atomic E-state index is 16.1. The normalized spacial score (nSPS) is 17.8. The van der Waals surface area contributed by atoms with Crippen LogP contribution in [-0.2, 0) is 42.4 Å². The van der Waals surface area contributed by atoms with Gasteiger partial charge in [0.2, 0.25) is 0 Å². The summed E-state index contributed by atoms with van der Waals surface area (Å²) in [6.07, 6.45) is 0.731. The molecule has 5 rings (SSSR count). The van der Waals surface area contributed by atoms with Gasteiger partial charge in [0.05, 0.1) is 16.0 Å². The third-order valence-corrected chi connectivity index (χ3v) is 12.1. The second-order valence-electron chi connectivity index (χ2n) is 10.7. The molecule has 23 heteroatoms. The zero-order valence-electron chi connectivity index (χ0n) is 25.8. The number of fused-ring (bicyclic) bond motifs is 1. The second-order valence-corrected chi connectivity index (χ2v) is 15.7. The number of likely N-dealkylation sites (N-methyl/N-ethyl adjacent to an activating group) is 1. The molecule has 17 nitrogen and oxygen atoms in total. The number of benzene rings is 1. The summed E-state index contributed by atoms with van der Waals surface area (Å²) in [5.74, 6) is -6.89. The van der Waals surface area contributed by atoms with E-state index in [9.17, 15) is 57.1 Å². The number of anilines is 1. The number of carbonyl (C=O) groups is 4. The van der Waals surface area contributed by atoms with Gasteiger partial charge in [-0.3, -0.25) is 52.3 Å². The Morgan fingerprint density at radius 3 is 2.12 bits per heavy atom. The number of amides is 1. The Hall–Kier alpha value is -4.68. The minimum absolute atomic E-state index is 0.0392. The van der Waals surface area contributed by atoms with Crippen molar-refractivity contribution < 1.29 is 51.9 Å². The number of aliphatic carboxylic acids is 3. The van der Waals surface area contributed by atoms with Crippen molar-refractivity contribution in [1.82, 2.24) is 18.9 Å². The van der Waals surface area contributed by atoms with E-state index in [0.29, 0.717) is 42.4 Å². The number of thiazole rings is 2. The third kappa shape index (κ3) is 7.67. The summed E-state index contributed by atoms with van der Waals surface area (Å²) in [7, 11) is -3.07. The first kappa shape index (κ1) is 37.6. The number of para-hydroxylation sites is 1. The average Bonchev–Trinajstić information content (AvgIpc) is 3.71. The minimum Gasteiger partial charge on any atom is -0.480 e. The Morgan fingerprint density at radius 1 is 0.902 bits per heavy atom. The Kier molecular flexibility index (Phi) is 10.7. The quantitative estimate of drug-likeness (QED) is 0.143. The lowest BCUT2D eigenvalue weighted by Crippen LogP contribution is -2.37. The molecule has 0 unspecified atom stereocenters. The van der Waals surface area contributed by atoms with E-state index in [1.165, 1.54) is 11.9 Å². The van der Waals surface area contributed by atoms with Crippen molar-refractivity contribution in [1.29, 1.82) is 0 Å². The summed E-state index contributed by atoms with van der Waals surface area (Å²) >= 11 is 7.18. The summed E-state index contributed by atoms with van der Waals surface area (Å²) in [5.41, 5.74) is -2.00. The van der Waals surface area contributed by atoms with Gasteiger partial charge in [-0.25, -0.2) is 4.39 Å². The van der Waals surface area contributed by atoms with Crippen LogP contribution >= 0.6 is 46.7 Å². The highest BCUT2D eigenvalue weighted by molar-refractivity contribution is 8.03. The molecule has 0 radical (unpaired) electrons. The maximum Gasteiger partial charge on any atom is 0.323 e. The lowest BCUT2D eigenvalue weighted by atomic mass is 10.3. The predicted molar refractivity (Wildman–Crippen MR) is 186 cm³/mol. The lowest BCUT2D eigenvalue weighted by molar-refractivity contribution is -0.138. The number of thiocarbonyl (C=S) groups is 1.